The van der Waals surface area contributed by atoms with E-state index < -0.39 is 6.04 Å². The first-order valence-electron chi connectivity index (χ1n) is 11.2. The van der Waals surface area contributed by atoms with Crippen molar-refractivity contribution in [1.82, 2.24) is 15.1 Å². The molecule has 1 atom stereocenters. The lowest BCUT2D eigenvalue weighted by atomic mass is 10.0. The summed E-state index contributed by atoms with van der Waals surface area (Å²) >= 11 is 0. The maximum absolute atomic E-state index is 12.9. The van der Waals surface area contributed by atoms with Gasteiger partial charge in [-0.25, -0.2) is 0 Å². The summed E-state index contributed by atoms with van der Waals surface area (Å²) in [7, 11) is 0. The predicted molar refractivity (Wildman–Crippen MR) is 113 cm³/mol. The number of hydrogen-bond acceptors (Lipinski definition) is 5. The van der Waals surface area contributed by atoms with Crippen molar-refractivity contribution in [1.29, 1.82) is 0 Å². The fourth-order valence-electron chi connectivity index (χ4n) is 5.09. The minimum absolute atomic E-state index is 0.114. The molecule has 0 spiro atoms. The Labute approximate surface area is 178 Å². The molecule has 2 heterocycles. The molecule has 3 aliphatic rings. The second kappa shape index (κ2) is 9.27. The van der Waals surface area contributed by atoms with Crippen molar-refractivity contribution in [2.75, 3.05) is 19.6 Å². The van der Waals surface area contributed by atoms with Gasteiger partial charge in [0.25, 0.3) is 5.91 Å². The second-order valence-corrected chi connectivity index (χ2v) is 8.92. The number of piperidine rings is 1. The van der Waals surface area contributed by atoms with Gasteiger partial charge in [-0.2, -0.15) is 0 Å². The molecular formula is C23H32N4O3. The van der Waals surface area contributed by atoms with Crippen molar-refractivity contribution in [3.8, 4) is 0 Å². The summed E-state index contributed by atoms with van der Waals surface area (Å²) < 4.78 is 0. The zero-order valence-corrected chi connectivity index (χ0v) is 17.6. The zero-order chi connectivity index (χ0) is 21.1. The number of benzene rings is 1. The molecule has 1 aromatic carbocycles. The van der Waals surface area contributed by atoms with Crippen LogP contribution in [0.3, 0.4) is 0 Å². The zero-order valence-electron chi connectivity index (χ0n) is 17.6. The van der Waals surface area contributed by atoms with Crippen LogP contribution in [0, 0.1) is 5.92 Å². The molecule has 3 N–H and O–H groups in total. The van der Waals surface area contributed by atoms with Gasteiger partial charge in [0, 0.05) is 31.6 Å². The van der Waals surface area contributed by atoms with E-state index in [1.807, 2.05) is 12.1 Å². The Morgan fingerprint density at radius 3 is 2.67 bits per heavy atom. The molecule has 1 aliphatic carbocycles. The minimum Gasteiger partial charge on any atom is -0.330 e. The van der Waals surface area contributed by atoms with Gasteiger partial charge in [-0.1, -0.05) is 25.0 Å². The normalized spacial score (nSPS) is 22.1. The molecule has 0 aromatic heterocycles. The number of carbonyl (C=O) groups is 3. The number of rotatable bonds is 8. The second-order valence-electron chi connectivity index (χ2n) is 8.92. The van der Waals surface area contributed by atoms with Crippen molar-refractivity contribution in [3.05, 3.63) is 34.9 Å². The minimum atomic E-state index is -0.561. The van der Waals surface area contributed by atoms with Crippen LogP contribution >= 0.6 is 0 Å². The van der Waals surface area contributed by atoms with Crippen molar-refractivity contribution in [3.63, 3.8) is 0 Å². The molecule has 7 heteroatoms. The van der Waals surface area contributed by atoms with Crippen LogP contribution in [0.4, 0.5) is 0 Å². The lowest BCUT2D eigenvalue weighted by Gasteiger charge is -2.29. The van der Waals surface area contributed by atoms with Crippen LogP contribution in [-0.4, -0.2) is 53.2 Å². The summed E-state index contributed by atoms with van der Waals surface area (Å²) in [5.74, 6) is 0.0403. The van der Waals surface area contributed by atoms with E-state index in [1.165, 1.54) is 31.2 Å². The number of nitrogens with zero attached hydrogens (tertiary/aromatic N) is 2. The molecule has 0 radical (unpaired) electrons. The topological polar surface area (TPSA) is 95.7 Å². The molecule has 7 nitrogen and oxygen atoms in total. The third kappa shape index (κ3) is 4.57. The van der Waals surface area contributed by atoms with Crippen LogP contribution in [0.2, 0.25) is 0 Å². The number of carbonyl (C=O) groups excluding carboxylic acids is 3. The third-order valence-electron chi connectivity index (χ3n) is 6.66. The first-order valence-corrected chi connectivity index (χ1v) is 11.2. The van der Waals surface area contributed by atoms with Crippen LogP contribution in [0.5, 0.6) is 0 Å². The summed E-state index contributed by atoms with van der Waals surface area (Å²) in [6, 6.07) is 5.49. The first kappa shape index (κ1) is 21.0. The van der Waals surface area contributed by atoms with Gasteiger partial charge < -0.3 is 10.6 Å². The maximum atomic E-state index is 12.9. The monoisotopic (exact) mass is 412 g/mol. The number of imide groups is 1. The van der Waals surface area contributed by atoms with Gasteiger partial charge in [-0.3, -0.25) is 24.6 Å². The Kier molecular flexibility index (Phi) is 6.49. The summed E-state index contributed by atoms with van der Waals surface area (Å²) in [6.45, 7) is 4.08. The number of amides is 3. The van der Waals surface area contributed by atoms with Gasteiger partial charge in [-0.05, 0) is 61.9 Å². The molecule has 2 aliphatic heterocycles. The Morgan fingerprint density at radius 1 is 1.13 bits per heavy atom. The average molecular weight is 413 g/mol. The Bertz CT molecular complexity index is 819. The van der Waals surface area contributed by atoms with Crippen LogP contribution < -0.4 is 11.1 Å². The van der Waals surface area contributed by atoms with Gasteiger partial charge >= 0.3 is 0 Å². The third-order valence-corrected chi connectivity index (χ3v) is 6.66. The Balaban J connectivity index is 1.44. The van der Waals surface area contributed by atoms with Crippen LogP contribution in [0.1, 0.15) is 66.4 Å². The quantitative estimate of drug-likeness (QED) is 0.635. The predicted octanol–water partition coefficient (Wildman–Crippen LogP) is 1.79. The number of hydrogen-bond donors (Lipinski definition) is 2. The molecule has 30 heavy (non-hydrogen) atoms. The van der Waals surface area contributed by atoms with E-state index in [2.05, 4.69) is 16.3 Å². The largest absolute Gasteiger partial charge is 0.330 e. The number of nitrogens with one attached hydrogen (secondary N) is 1. The van der Waals surface area contributed by atoms with E-state index in [9.17, 15) is 14.4 Å². The first-order chi connectivity index (χ1) is 14.5. The average Bonchev–Trinajstić information content (AvgIpc) is 3.34. The van der Waals surface area contributed by atoms with Gasteiger partial charge in [0.15, 0.2) is 0 Å². The van der Waals surface area contributed by atoms with Gasteiger partial charge in [-0.15, -0.1) is 0 Å². The molecule has 1 saturated carbocycles. The lowest BCUT2D eigenvalue weighted by Crippen LogP contribution is -2.52. The van der Waals surface area contributed by atoms with Gasteiger partial charge in [0.1, 0.15) is 6.04 Å². The van der Waals surface area contributed by atoms with Crippen molar-refractivity contribution in [2.45, 2.75) is 64.1 Å². The van der Waals surface area contributed by atoms with E-state index in [0.29, 0.717) is 25.1 Å². The highest BCUT2D eigenvalue weighted by Crippen LogP contribution is 2.29. The summed E-state index contributed by atoms with van der Waals surface area (Å²) in [4.78, 5) is 40.6. The molecule has 1 unspecified atom stereocenters. The molecule has 1 aromatic rings. The number of nitrogens with two attached hydrogens (primary N) is 1. The summed E-state index contributed by atoms with van der Waals surface area (Å²) in [5.41, 5.74) is 8.59. The van der Waals surface area contributed by atoms with Crippen LogP contribution in [-0.2, 0) is 22.7 Å². The van der Waals surface area contributed by atoms with Crippen LogP contribution in [0.15, 0.2) is 18.2 Å². The standard InChI is InChI=1S/C23H32N4O3/c24-10-3-11-26(13-16-4-1-2-5-16)14-17-6-7-19-18(12-17)15-27(23(19)30)20-8-9-21(28)25-22(20)29/h6-7,12,16,20H,1-5,8-11,13-15,24H2,(H,25,28,29). The van der Waals surface area contributed by atoms with E-state index >= 15 is 0 Å². The highest BCUT2D eigenvalue weighted by atomic mass is 16.2. The van der Waals surface area contributed by atoms with E-state index in [0.717, 1.165) is 37.5 Å². The highest BCUT2D eigenvalue weighted by molar-refractivity contribution is 6.05. The van der Waals surface area contributed by atoms with Crippen molar-refractivity contribution < 1.29 is 14.4 Å². The van der Waals surface area contributed by atoms with Crippen LogP contribution in [0.25, 0.3) is 0 Å². The summed E-state index contributed by atoms with van der Waals surface area (Å²) in [6.07, 6.45) is 6.97. The lowest BCUT2D eigenvalue weighted by molar-refractivity contribution is -0.136. The molecule has 0 bridgehead atoms. The molecule has 162 valence electrons. The van der Waals surface area contributed by atoms with Gasteiger partial charge in [0.2, 0.25) is 11.8 Å². The summed E-state index contributed by atoms with van der Waals surface area (Å²) in [5, 5.41) is 2.36. The fourth-order valence-corrected chi connectivity index (χ4v) is 5.09. The smallest absolute Gasteiger partial charge is 0.255 e. The van der Waals surface area contributed by atoms with Gasteiger partial charge in [0.05, 0.1) is 0 Å². The van der Waals surface area contributed by atoms with E-state index in [4.69, 9.17) is 5.73 Å². The Hall–Kier alpha value is -2.25. The van der Waals surface area contributed by atoms with E-state index in [-0.39, 0.29) is 24.1 Å². The molecule has 1 saturated heterocycles. The van der Waals surface area contributed by atoms with E-state index in [1.54, 1.807) is 4.90 Å². The molecule has 3 amide bonds. The fraction of sp³-hybridized carbons (Fsp3) is 0.609. The molecule has 4 rings (SSSR count). The Morgan fingerprint density at radius 2 is 1.93 bits per heavy atom. The SMILES string of the molecule is NCCCN(Cc1ccc2c(c1)CN(C1CCC(=O)NC1=O)C2=O)CC1CCCC1. The van der Waals surface area contributed by atoms with Crippen molar-refractivity contribution >= 4 is 17.7 Å². The number of fused-ring (bicyclic) bond motifs is 1. The molecular weight excluding hydrogens is 380 g/mol. The van der Waals surface area contributed by atoms with Crippen molar-refractivity contribution in [2.24, 2.45) is 11.7 Å². The molecule has 2 fully saturated rings. The maximum Gasteiger partial charge on any atom is 0.255 e. The highest BCUT2D eigenvalue weighted by Gasteiger charge is 2.39.